The molecule has 1 fully saturated rings. The minimum atomic E-state index is -0.255. The van der Waals surface area contributed by atoms with E-state index in [1.165, 1.54) is 18.5 Å². The molecule has 0 saturated carbocycles. The normalized spacial score (nSPS) is 15.6. The Labute approximate surface area is 200 Å². The van der Waals surface area contributed by atoms with Crippen LogP contribution in [0.25, 0.3) is 21.8 Å². The molecular formula is C26H23FN6O2. The summed E-state index contributed by atoms with van der Waals surface area (Å²) in [5.41, 5.74) is 10.2. The van der Waals surface area contributed by atoms with Gasteiger partial charge >= 0.3 is 0 Å². The molecule has 0 spiro atoms. The Hall–Kier alpha value is -4.24. The van der Waals surface area contributed by atoms with E-state index >= 15 is 0 Å². The summed E-state index contributed by atoms with van der Waals surface area (Å²) >= 11 is 0. The molecule has 1 aliphatic rings. The van der Waals surface area contributed by atoms with Gasteiger partial charge < -0.3 is 20.5 Å². The molecule has 9 heteroatoms. The van der Waals surface area contributed by atoms with Gasteiger partial charge in [0.25, 0.3) is 0 Å². The molecule has 0 amide bonds. The van der Waals surface area contributed by atoms with Crippen LogP contribution in [0.4, 0.5) is 21.6 Å². The van der Waals surface area contributed by atoms with Crippen LogP contribution in [0.5, 0.6) is 5.75 Å². The fraction of sp³-hybridized carbons (Fsp3) is 0.192. The number of nitrogens with one attached hydrogen (secondary N) is 1. The molecule has 1 atom stereocenters. The lowest BCUT2D eigenvalue weighted by atomic mass is 10.1. The zero-order valence-corrected chi connectivity index (χ0v) is 18.8. The van der Waals surface area contributed by atoms with Crippen LogP contribution in [0.3, 0.4) is 0 Å². The van der Waals surface area contributed by atoms with Crippen molar-refractivity contribution in [1.29, 1.82) is 0 Å². The summed E-state index contributed by atoms with van der Waals surface area (Å²) in [6.45, 7) is 1.75. The van der Waals surface area contributed by atoms with Gasteiger partial charge in [-0.1, -0.05) is 12.1 Å². The highest BCUT2D eigenvalue weighted by Crippen LogP contribution is 2.33. The SMILES string of the molecule is Nc1cc2c(Nc3ccc4c(cnn4Cc4cccc(F)c4)c3)ncnc2cc1OC1CCOC1. The van der Waals surface area contributed by atoms with E-state index < -0.39 is 0 Å². The van der Waals surface area contributed by atoms with Gasteiger partial charge in [-0.25, -0.2) is 14.4 Å². The highest BCUT2D eigenvalue weighted by Gasteiger charge is 2.19. The largest absolute Gasteiger partial charge is 0.486 e. The standard InChI is InChI=1S/C26H23FN6O2/c27-18-3-1-2-16(8-18)13-33-24-5-4-19(9-17(24)12-31-33)32-26-21-10-22(28)25(11-23(21)29-15-30-26)35-20-6-7-34-14-20/h1-5,8-12,15,20H,6-7,13-14,28H2,(H,29,30,32). The van der Waals surface area contributed by atoms with Crippen molar-refractivity contribution in [2.24, 2.45) is 0 Å². The number of halogens is 1. The van der Waals surface area contributed by atoms with Crippen LogP contribution in [0, 0.1) is 5.82 Å². The number of hydrogen-bond donors (Lipinski definition) is 2. The Morgan fingerprint density at radius 3 is 2.94 bits per heavy atom. The van der Waals surface area contributed by atoms with E-state index in [4.69, 9.17) is 15.2 Å². The van der Waals surface area contributed by atoms with Gasteiger partial charge in [0.05, 0.1) is 42.7 Å². The summed E-state index contributed by atoms with van der Waals surface area (Å²) in [4.78, 5) is 8.83. The predicted molar refractivity (Wildman–Crippen MR) is 132 cm³/mol. The van der Waals surface area contributed by atoms with Crippen molar-refractivity contribution in [3.8, 4) is 5.75 Å². The number of aromatic nitrogens is 4. The predicted octanol–water partition coefficient (Wildman–Crippen LogP) is 4.66. The molecule has 1 saturated heterocycles. The molecule has 0 bridgehead atoms. The summed E-state index contributed by atoms with van der Waals surface area (Å²) in [5.74, 6) is 0.989. The number of nitrogens with zero attached hydrogens (tertiary/aromatic N) is 4. The Kier molecular flexibility index (Phi) is 5.38. The Morgan fingerprint density at radius 1 is 1.14 bits per heavy atom. The molecule has 6 rings (SSSR count). The Bertz CT molecular complexity index is 1530. The molecule has 5 aromatic rings. The van der Waals surface area contributed by atoms with Gasteiger partial charge in [-0.2, -0.15) is 5.10 Å². The van der Waals surface area contributed by atoms with Crippen molar-refractivity contribution in [2.75, 3.05) is 24.3 Å². The summed E-state index contributed by atoms with van der Waals surface area (Å²) in [6, 6.07) is 16.2. The first-order valence-electron chi connectivity index (χ1n) is 11.4. The highest BCUT2D eigenvalue weighted by atomic mass is 19.1. The van der Waals surface area contributed by atoms with Gasteiger partial charge in [0.2, 0.25) is 0 Å². The summed E-state index contributed by atoms with van der Waals surface area (Å²) in [6.07, 6.45) is 4.16. The maximum Gasteiger partial charge on any atom is 0.144 e. The number of nitrogen functional groups attached to an aromatic ring is 1. The molecule has 35 heavy (non-hydrogen) atoms. The van der Waals surface area contributed by atoms with Crippen molar-refractivity contribution in [1.82, 2.24) is 19.7 Å². The third-order valence-corrected chi connectivity index (χ3v) is 6.07. The molecule has 3 heterocycles. The van der Waals surface area contributed by atoms with E-state index in [9.17, 15) is 4.39 Å². The average Bonchev–Trinajstić information content (AvgIpc) is 3.50. The van der Waals surface area contributed by atoms with Crippen molar-refractivity contribution in [3.63, 3.8) is 0 Å². The number of nitrogens with two attached hydrogens (primary N) is 1. The van der Waals surface area contributed by atoms with E-state index in [-0.39, 0.29) is 11.9 Å². The first-order chi connectivity index (χ1) is 17.1. The van der Waals surface area contributed by atoms with E-state index in [1.54, 1.807) is 12.3 Å². The number of hydrogen-bond acceptors (Lipinski definition) is 7. The van der Waals surface area contributed by atoms with E-state index in [0.717, 1.165) is 39.5 Å². The second-order valence-corrected chi connectivity index (χ2v) is 8.56. The average molecular weight is 471 g/mol. The lowest BCUT2D eigenvalue weighted by molar-refractivity contribution is 0.142. The number of rotatable bonds is 6. The van der Waals surface area contributed by atoms with Gasteiger partial charge in [-0.15, -0.1) is 0 Å². The molecule has 176 valence electrons. The molecule has 1 aliphatic heterocycles. The van der Waals surface area contributed by atoms with Crippen LogP contribution in [-0.4, -0.2) is 39.1 Å². The summed E-state index contributed by atoms with van der Waals surface area (Å²) in [7, 11) is 0. The third kappa shape index (κ3) is 4.33. The van der Waals surface area contributed by atoms with Crippen molar-refractivity contribution < 1.29 is 13.9 Å². The van der Waals surface area contributed by atoms with Crippen molar-refractivity contribution >= 4 is 39.0 Å². The highest BCUT2D eigenvalue weighted by molar-refractivity contribution is 5.95. The van der Waals surface area contributed by atoms with Gasteiger partial charge in [0.1, 0.15) is 29.8 Å². The Morgan fingerprint density at radius 2 is 2.09 bits per heavy atom. The molecule has 0 radical (unpaired) electrons. The third-order valence-electron chi connectivity index (χ3n) is 6.07. The summed E-state index contributed by atoms with van der Waals surface area (Å²) in [5, 5.41) is 9.60. The van der Waals surface area contributed by atoms with Gasteiger partial charge in [0, 0.05) is 28.9 Å². The molecular weight excluding hydrogens is 447 g/mol. The minimum Gasteiger partial charge on any atom is -0.486 e. The summed E-state index contributed by atoms with van der Waals surface area (Å²) < 4.78 is 26.8. The smallest absolute Gasteiger partial charge is 0.144 e. The molecule has 2 aromatic heterocycles. The number of ether oxygens (including phenoxy) is 2. The topological polar surface area (TPSA) is 100 Å². The molecule has 1 unspecified atom stereocenters. The van der Waals surface area contributed by atoms with Crippen molar-refractivity contribution in [2.45, 2.75) is 19.1 Å². The van der Waals surface area contributed by atoms with Crippen LogP contribution in [0.2, 0.25) is 0 Å². The van der Waals surface area contributed by atoms with Crippen LogP contribution in [0.15, 0.2) is 67.1 Å². The lowest BCUT2D eigenvalue weighted by Gasteiger charge is -2.15. The lowest BCUT2D eigenvalue weighted by Crippen LogP contribution is -2.16. The van der Waals surface area contributed by atoms with Crippen LogP contribution in [-0.2, 0) is 11.3 Å². The zero-order chi connectivity index (χ0) is 23.8. The van der Waals surface area contributed by atoms with E-state index in [1.807, 2.05) is 41.1 Å². The number of benzene rings is 3. The first kappa shape index (κ1) is 21.3. The first-order valence-corrected chi connectivity index (χ1v) is 11.4. The molecule has 0 aliphatic carbocycles. The second-order valence-electron chi connectivity index (χ2n) is 8.56. The van der Waals surface area contributed by atoms with Gasteiger partial charge in [-0.05, 0) is 42.0 Å². The van der Waals surface area contributed by atoms with Crippen molar-refractivity contribution in [3.05, 3.63) is 78.5 Å². The quantitative estimate of drug-likeness (QED) is 0.348. The molecule has 3 aromatic carbocycles. The Balaban J connectivity index is 1.26. The van der Waals surface area contributed by atoms with Gasteiger partial charge in [0.15, 0.2) is 0 Å². The van der Waals surface area contributed by atoms with Crippen LogP contribution >= 0.6 is 0 Å². The number of fused-ring (bicyclic) bond motifs is 2. The van der Waals surface area contributed by atoms with E-state index in [0.29, 0.717) is 37.0 Å². The minimum absolute atomic E-state index is 0.00254. The number of anilines is 3. The fourth-order valence-electron chi connectivity index (χ4n) is 4.32. The van der Waals surface area contributed by atoms with Crippen LogP contribution in [0.1, 0.15) is 12.0 Å². The molecule has 3 N–H and O–H groups in total. The fourth-order valence-corrected chi connectivity index (χ4v) is 4.32. The van der Waals surface area contributed by atoms with E-state index in [2.05, 4.69) is 20.4 Å². The maximum absolute atomic E-state index is 13.6. The monoisotopic (exact) mass is 470 g/mol. The molecule has 8 nitrogen and oxygen atoms in total. The second kappa shape index (κ2) is 8.84. The van der Waals surface area contributed by atoms with Gasteiger partial charge in [-0.3, -0.25) is 4.68 Å². The zero-order valence-electron chi connectivity index (χ0n) is 18.8. The maximum atomic E-state index is 13.6. The van der Waals surface area contributed by atoms with Crippen LogP contribution < -0.4 is 15.8 Å².